The first kappa shape index (κ1) is 19.1. The molecule has 0 aliphatic carbocycles. The number of rotatable bonds is 7. The summed E-state index contributed by atoms with van der Waals surface area (Å²) in [6.45, 7) is 4.82. The summed E-state index contributed by atoms with van der Waals surface area (Å²) >= 11 is 1.48. The maximum absolute atomic E-state index is 11.3. The number of methoxy groups -OCH3 is 1. The Kier molecular flexibility index (Phi) is 5.91. The molecular formula is C22H23NO3S. The third kappa shape index (κ3) is 4.74. The van der Waals surface area contributed by atoms with Crippen LogP contribution in [0.4, 0.5) is 0 Å². The Bertz CT molecular complexity index is 885. The highest BCUT2D eigenvalue weighted by molar-refractivity contribution is 7.09. The van der Waals surface area contributed by atoms with E-state index in [1.165, 1.54) is 29.6 Å². The number of ether oxygens (including phenoxy) is 2. The average molecular weight is 381 g/mol. The van der Waals surface area contributed by atoms with Crippen molar-refractivity contribution in [3.63, 3.8) is 0 Å². The summed E-state index contributed by atoms with van der Waals surface area (Å²) in [4.78, 5) is 15.7. The summed E-state index contributed by atoms with van der Waals surface area (Å²) in [5.74, 6) is 0.511. The molecule has 27 heavy (non-hydrogen) atoms. The van der Waals surface area contributed by atoms with Gasteiger partial charge in [-0.1, -0.05) is 56.3 Å². The van der Waals surface area contributed by atoms with Crippen LogP contribution >= 0.6 is 11.3 Å². The first-order valence-corrected chi connectivity index (χ1v) is 9.66. The summed E-state index contributed by atoms with van der Waals surface area (Å²) in [7, 11) is 1.38. The molecule has 0 amide bonds. The van der Waals surface area contributed by atoms with Gasteiger partial charge in [-0.15, -0.1) is 11.3 Å². The SMILES string of the molecule is COC(=O)Cc1csc(COc2ccc(C(C)(C)c3ccccc3)cc2)n1. The second-order valence-corrected chi connectivity index (χ2v) is 7.73. The van der Waals surface area contributed by atoms with Crippen LogP contribution < -0.4 is 4.74 Å². The molecule has 0 unspecified atom stereocenters. The fourth-order valence-electron chi connectivity index (χ4n) is 2.85. The molecule has 1 heterocycles. The van der Waals surface area contributed by atoms with Crippen molar-refractivity contribution in [3.05, 3.63) is 81.8 Å². The van der Waals surface area contributed by atoms with Crippen molar-refractivity contribution in [2.24, 2.45) is 0 Å². The number of aromatic nitrogens is 1. The van der Waals surface area contributed by atoms with E-state index in [4.69, 9.17) is 4.74 Å². The van der Waals surface area contributed by atoms with E-state index in [1.54, 1.807) is 0 Å². The van der Waals surface area contributed by atoms with Gasteiger partial charge in [0.25, 0.3) is 0 Å². The standard InChI is InChI=1S/C22H23NO3S/c1-22(2,16-7-5-4-6-8-16)17-9-11-19(12-10-17)26-14-20-23-18(15-27-20)13-21(24)25-3/h4-12,15H,13-14H2,1-3H3. The molecule has 4 nitrogen and oxygen atoms in total. The first-order valence-electron chi connectivity index (χ1n) is 8.78. The van der Waals surface area contributed by atoms with Crippen LogP contribution in [-0.4, -0.2) is 18.1 Å². The van der Waals surface area contributed by atoms with E-state index < -0.39 is 0 Å². The number of carbonyl (C=O) groups excluding carboxylic acids is 1. The molecule has 0 N–H and O–H groups in total. The highest BCUT2D eigenvalue weighted by Gasteiger charge is 2.22. The van der Waals surface area contributed by atoms with Gasteiger partial charge in [0, 0.05) is 10.8 Å². The zero-order valence-corrected chi connectivity index (χ0v) is 16.6. The lowest BCUT2D eigenvalue weighted by atomic mass is 9.78. The molecule has 3 rings (SSSR count). The smallest absolute Gasteiger partial charge is 0.311 e. The van der Waals surface area contributed by atoms with E-state index in [9.17, 15) is 4.79 Å². The molecular weight excluding hydrogens is 358 g/mol. The fraction of sp³-hybridized carbons (Fsp3) is 0.273. The lowest BCUT2D eigenvalue weighted by Gasteiger charge is -2.26. The van der Waals surface area contributed by atoms with Gasteiger partial charge in [0.2, 0.25) is 0 Å². The van der Waals surface area contributed by atoms with E-state index in [2.05, 4.69) is 60.0 Å². The third-order valence-electron chi connectivity index (χ3n) is 4.59. The van der Waals surface area contributed by atoms with Crippen molar-refractivity contribution >= 4 is 17.3 Å². The molecule has 0 aliphatic heterocycles. The van der Waals surface area contributed by atoms with Crippen molar-refractivity contribution in [1.82, 2.24) is 4.98 Å². The Labute approximate surface area is 163 Å². The summed E-state index contributed by atoms with van der Waals surface area (Å²) in [5.41, 5.74) is 3.15. The van der Waals surface area contributed by atoms with Crippen LogP contribution in [0.3, 0.4) is 0 Å². The molecule has 2 aromatic carbocycles. The average Bonchev–Trinajstić information content (AvgIpc) is 3.14. The topological polar surface area (TPSA) is 48.4 Å². The van der Waals surface area contributed by atoms with Crippen LogP contribution in [0, 0.1) is 0 Å². The number of carbonyl (C=O) groups is 1. The Balaban J connectivity index is 1.62. The number of nitrogens with zero attached hydrogens (tertiary/aromatic N) is 1. The van der Waals surface area contributed by atoms with Crippen molar-refractivity contribution in [2.45, 2.75) is 32.3 Å². The number of thiazole rings is 1. The van der Waals surface area contributed by atoms with Gasteiger partial charge >= 0.3 is 5.97 Å². The van der Waals surface area contributed by atoms with Crippen LogP contribution in [-0.2, 0) is 28.0 Å². The molecule has 0 aliphatic rings. The van der Waals surface area contributed by atoms with Crippen molar-refractivity contribution < 1.29 is 14.3 Å². The monoisotopic (exact) mass is 381 g/mol. The minimum atomic E-state index is -0.288. The lowest BCUT2D eigenvalue weighted by Crippen LogP contribution is -2.18. The maximum atomic E-state index is 11.3. The Morgan fingerprint density at radius 3 is 2.37 bits per heavy atom. The van der Waals surface area contributed by atoms with Crippen molar-refractivity contribution in [1.29, 1.82) is 0 Å². The van der Waals surface area contributed by atoms with Gasteiger partial charge < -0.3 is 9.47 Å². The quantitative estimate of drug-likeness (QED) is 0.554. The normalized spacial score (nSPS) is 11.2. The van der Waals surface area contributed by atoms with Gasteiger partial charge in [-0.05, 0) is 23.3 Å². The zero-order valence-electron chi connectivity index (χ0n) is 15.8. The van der Waals surface area contributed by atoms with E-state index in [1.807, 2.05) is 23.6 Å². The van der Waals surface area contributed by atoms with Gasteiger partial charge in [0.1, 0.15) is 17.4 Å². The second kappa shape index (κ2) is 8.35. The minimum absolute atomic E-state index is 0.0715. The number of hydrogen-bond donors (Lipinski definition) is 0. The van der Waals surface area contributed by atoms with E-state index in [-0.39, 0.29) is 17.8 Å². The zero-order chi connectivity index (χ0) is 19.3. The largest absolute Gasteiger partial charge is 0.486 e. The van der Waals surface area contributed by atoms with Crippen molar-refractivity contribution in [2.75, 3.05) is 7.11 Å². The number of esters is 1. The predicted molar refractivity (Wildman–Crippen MR) is 107 cm³/mol. The molecule has 0 saturated carbocycles. The van der Waals surface area contributed by atoms with E-state index in [0.29, 0.717) is 12.3 Å². The lowest BCUT2D eigenvalue weighted by molar-refractivity contribution is -0.139. The summed E-state index contributed by atoms with van der Waals surface area (Å²) in [6, 6.07) is 18.7. The van der Waals surface area contributed by atoms with E-state index >= 15 is 0 Å². The molecule has 0 spiro atoms. The van der Waals surface area contributed by atoms with Crippen molar-refractivity contribution in [3.8, 4) is 5.75 Å². The Hall–Kier alpha value is -2.66. The van der Waals surface area contributed by atoms with Gasteiger partial charge in [-0.25, -0.2) is 4.98 Å². The van der Waals surface area contributed by atoms with E-state index in [0.717, 1.165) is 10.8 Å². The van der Waals surface area contributed by atoms with Crippen LogP contribution in [0.5, 0.6) is 5.75 Å². The van der Waals surface area contributed by atoms with Gasteiger partial charge in [-0.3, -0.25) is 4.79 Å². The van der Waals surface area contributed by atoms with Gasteiger partial charge in [0.15, 0.2) is 0 Å². The maximum Gasteiger partial charge on any atom is 0.311 e. The molecule has 140 valence electrons. The first-order chi connectivity index (χ1) is 13.0. The summed E-state index contributed by atoms with van der Waals surface area (Å²) in [6.07, 6.45) is 0.191. The van der Waals surface area contributed by atoms with Gasteiger partial charge in [0.05, 0.1) is 19.2 Å². The predicted octanol–water partition coefficient (Wildman–Crippen LogP) is 4.76. The minimum Gasteiger partial charge on any atom is -0.486 e. The Morgan fingerprint density at radius 1 is 1.04 bits per heavy atom. The molecule has 1 aromatic heterocycles. The fourth-order valence-corrected chi connectivity index (χ4v) is 3.56. The second-order valence-electron chi connectivity index (χ2n) is 6.79. The summed E-state index contributed by atoms with van der Waals surface area (Å²) in [5, 5.41) is 2.70. The molecule has 0 atom stereocenters. The van der Waals surface area contributed by atoms with Gasteiger partial charge in [-0.2, -0.15) is 0 Å². The van der Waals surface area contributed by atoms with Crippen LogP contribution in [0.1, 0.15) is 35.7 Å². The van der Waals surface area contributed by atoms with Crippen LogP contribution in [0.25, 0.3) is 0 Å². The molecule has 0 radical (unpaired) electrons. The number of hydrogen-bond acceptors (Lipinski definition) is 5. The molecule has 0 fully saturated rings. The molecule has 0 saturated heterocycles. The Morgan fingerprint density at radius 2 is 1.70 bits per heavy atom. The highest BCUT2D eigenvalue weighted by Crippen LogP contribution is 2.32. The highest BCUT2D eigenvalue weighted by atomic mass is 32.1. The van der Waals surface area contributed by atoms with Crippen LogP contribution in [0.15, 0.2) is 60.0 Å². The molecule has 3 aromatic rings. The molecule has 0 bridgehead atoms. The molecule has 5 heteroatoms. The summed E-state index contributed by atoms with van der Waals surface area (Å²) < 4.78 is 10.5. The third-order valence-corrected chi connectivity index (χ3v) is 5.46. The van der Waals surface area contributed by atoms with Crippen LogP contribution in [0.2, 0.25) is 0 Å². The number of benzene rings is 2.